The van der Waals surface area contributed by atoms with Gasteiger partial charge in [0.25, 0.3) is 0 Å². The number of hydrogen-bond acceptors (Lipinski definition) is 3. The van der Waals surface area contributed by atoms with Crippen molar-refractivity contribution in [2.75, 3.05) is 45.2 Å². The SMILES string of the molecule is CCN(CC)c1ccc(CNC(=NC)N2CCC(CC(=O)NC)CC2)cc1F. The van der Waals surface area contributed by atoms with Crippen LogP contribution in [0, 0.1) is 11.7 Å². The Labute approximate surface area is 168 Å². The van der Waals surface area contributed by atoms with Crippen molar-refractivity contribution >= 4 is 17.6 Å². The van der Waals surface area contributed by atoms with Gasteiger partial charge in [-0.05, 0) is 50.3 Å². The summed E-state index contributed by atoms with van der Waals surface area (Å²) in [6.07, 6.45) is 2.54. The Kier molecular flexibility index (Phi) is 8.54. The van der Waals surface area contributed by atoms with Gasteiger partial charge in [-0.1, -0.05) is 6.07 Å². The summed E-state index contributed by atoms with van der Waals surface area (Å²) in [5.74, 6) is 1.17. The highest BCUT2D eigenvalue weighted by molar-refractivity contribution is 5.80. The highest BCUT2D eigenvalue weighted by atomic mass is 19.1. The van der Waals surface area contributed by atoms with Gasteiger partial charge in [0.1, 0.15) is 5.82 Å². The van der Waals surface area contributed by atoms with Crippen molar-refractivity contribution in [3.8, 4) is 0 Å². The first-order valence-corrected chi connectivity index (χ1v) is 10.2. The van der Waals surface area contributed by atoms with Gasteiger partial charge in [-0.2, -0.15) is 0 Å². The predicted molar refractivity (Wildman–Crippen MR) is 113 cm³/mol. The van der Waals surface area contributed by atoms with Gasteiger partial charge in [-0.3, -0.25) is 9.79 Å². The van der Waals surface area contributed by atoms with Gasteiger partial charge < -0.3 is 20.4 Å². The third-order valence-corrected chi connectivity index (χ3v) is 5.45. The third kappa shape index (κ3) is 5.84. The van der Waals surface area contributed by atoms with Gasteiger partial charge in [0.2, 0.25) is 5.91 Å². The second kappa shape index (κ2) is 10.9. The van der Waals surface area contributed by atoms with E-state index in [0.29, 0.717) is 24.6 Å². The minimum Gasteiger partial charge on any atom is -0.370 e. The fourth-order valence-electron chi connectivity index (χ4n) is 3.71. The number of piperidine rings is 1. The summed E-state index contributed by atoms with van der Waals surface area (Å²) in [5.41, 5.74) is 1.54. The van der Waals surface area contributed by atoms with E-state index < -0.39 is 0 Å². The van der Waals surface area contributed by atoms with E-state index in [-0.39, 0.29) is 11.7 Å². The number of carbonyl (C=O) groups is 1. The molecule has 1 aliphatic rings. The molecule has 1 heterocycles. The molecule has 1 aromatic carbocycles. The largest absolute Gasteiger partial charge is 0.370 e. The van der Waals surface area contributed by atoms with Crippen LogP contribution in [0.3, 0.4) is 0 Å². The molecule has 2 rings (SSSR count). The predicted octanol–water partition coefficient (Wildman–Crippen LogP) is 2.60. The molecule has 0 aromatic heterocycles. The Morgan fingerprint density at radius 3 is 2.50 bits per heavy atom. The number of likely N-dealkylation sites (tertiary alicyclic amines) is 1. The minimum absolute atomic E-state index is 0.108. The molecule has 6 nitrogen and oxygen atoms in total. The topological polar surface area (TPSA) is 60.0 Å². The Bertz CT molecular complexity index is 667. The molecule has 0 bridgehead atoms. The molecule has 0 spiro atoms. The van der Waals surface area contributed by atoms with Crippen LogP contribution in [0.2, 0.25) is 0 Å². The van der Waals surface area contributed by atoms with Crippen LogP contribution in [0.15, 0.2) is 23.2 Å². The normalized spacial score (nSPS) is 15.5. The van der Waals surface area contributed by atoms with Crippen LogP contribution in [-0.2, 0) is 11.3 Å². The van der Waals surface area contributed by atoms with Gasteiger partial charge in [0.15, 0.2) is 5.96 Å². The summed E-state index contributed by atoms with van der Waals surface area (Å²) in [6, 6.07) is 5.42. The van der Waals surface area contributed by atoms with Gasteiger partial charge in [0, 0.05) is 53.2 Å². The molecule has 156 valence electrons. The van der Waals surface area contributed by atoms with Gasteiger partial charge in [-0.15, -0.1) is 0 Å². The molecule has 0 atom stereocenters. The number of nitrogens with one attached hydrogen (secondary N) is 2. The molecule has 0 aliphatic carbocycles. The lowest BCUT2D eigenvalue weighted by atomic mass is 9.93. The molecule has 0 saturated carbocycles. The number of benzene rings is 1. The highest BCUT2D eigenvalue weighted by Crippen LogP contribution is 2.22. The summed E-state index contributed by atoms with van der Waals surface area (Å²) < 4.78 is 14.5. The molecular weight excluding hydrogens is 357 g/mol. The molecule has 1 aliphatic heterocycles. The number of anilines is 1. The van der Waals surface area contributed by atoms with Crippen molar-refractivity contribution in [1.29, 1.82) is 0 Å². The van der Waals surface area contributed by atoms with E-state index >= 15 is 0 Å². The summed E-state index contributed by atoms with van der Waals surface area (Å²) in [7, 11) is 3.45. The number of aliphatic imine (C=N–C) groups is 1. The van der Waals surface area contributed by atoms with Crippen LogP contribution in [0.25, 0.3) is 0 Å². The van der Waals surface area contributed by atoms with Crippen LogP contribution >= 0.6 is 0 Å². The van der Waals surface area contributed by atoms with Crippen molar-refractivity contribution in [2.45, 2.75) is 39.7 Å². The maximum Gasteiger partial charge on any atom is 0.220 e. The monoisotopic (exact) mass is 391 g/mol. The second-order valence-electron chi connectivity index (χ2n) is 7.17. The fraction of sp³-hybridized carbons (Fsp3) is 0.619. The van der Waals surface area contributed by atoms with Crippen LogP contribution in [-0.4, -0.2) is 57.0 Å². The van der Waals surface area contributed by atoms with Gasteiger partial charge in [0.05, 0.1) is 5.69 Å². The van der Waals surface area contributed by atoms with E-state index in [1.54, 1.807) is 20.2 Å². The quantitative estimate of drug-likeness (QED) is 0.554. The second-order valence-corrected chi connectivity index (χ2v) is 7.17. The molecule has 1 amide bonds. The molecule has 1 aromatic rings. The molecule has 1 fully saturated rings. The zero-order chi connectivity index (χ0) is 20.5. The molecule has 0 unspecified atom stereocenters. The Morgan fingerprint density at radius 1 is 1.29 bits per heavy atom. The Hall–Kier alpha value is -2.31. The summed E-state index contributed by atoms with van der Waals surface area (Å²) >= 11 is 0. The Morgan fingerprint density at radius 2 is 1.96 bits per heavy atom. The minimum atomic E-state index is -0.187. The number of nitrogens with zero attached hydrogens (tertiary/aromatic N) is 3. The third-order valence-electron chi connectivity index (χ3n) is 5.45. The fourth-order valence-corrected chi connectivity index (χ4v) is 3.71. The van der Waals surface area contributed by atoms with E-state index in [9.17, 15) is 9.18 Å². The number of halogens is 1. The highest BCUT2D eigenvalue weighted by Gasteiger charge is 2.23. The molecule has 1 saturated heterocycles. The first-order valence-electron chi connectivity index (χ1n) is 10.2. The van der Waals surface area contributed by atoms with Crippen molar-refractivity contribution in [3.05, 3.63) is 29.6 Å². The first-order chi connectivity index (χ1) is 13.5. The van der Waals surface area contributed by atoms with Crippen molar-refractivity contribution in [1.82, 2.24) is 15.5 Å². The van der Waals surface area contributed by atoms with E-state index in [0.717, 1.165) is 50.5 Å². The lowest BCUT2D eigenvalue weighted by Gasteiger charge is -2.34. The van der Waals surface area contributed by atoms with Crippen molar-refractivity contribution in [2.24, 2.45) is 10.9 Å². The maximum atomic E-state index is 14.5. The van der Waals surface area contributed by atoms with E-state index in [4.69, 9.17) is 0 Å². The van der Waals surface area contributed by atoms with E-state index in [2.05, 4.69) is 20.5 Å². The number of amides is 1. The summed E-state index contributed by atoms with van der Waals surface area (Å²) in [5, 5.41) is 6.04. The lowest BCUT2D eigenvalue weighted by Crippen LogP contribution is -2.45. The number of rotatable bonds is 7. The number of hydrogen-bond donors (Lipinski definition) is 2. The zero-order valence-corrected chi connectivity index (χ0v) is 17.6. The molecule has 2 N–H and O–H groups in total. The van der Waals surface area contributed by atoms with E-state index in [1.807, 2.05) is 30.9 Å². The van der Waals surface area contributed by atoms with E-state index in [1.165, 1.54) is 0 Å². The van der Waals surface area contributed by atoms with Crippen LogP contribution in [0.5, 0.6) is 0 Å². The molecular formula is C21H34FN5O. The standard InChI is InChI=1S/C21H34FN5O/c1-5-26(6-2)19-8-7-17(13-18(19)22)15-25-21(24-4)27-11-9-16(10-12-27)14-20(28)23-3/h7-8,13,16H,5-6,9-12,14-15H2,1-4H3,(H,23,28)(H,24,25). The van der Waals surface area contributed by atoms with Crippen LogP contribution in [0.4, 0.5) is 10.1 Å². The average Bonchev–Trinajstić information content (AvgIpc) is 2.71. The number of carbonyl (C=O) groups excluding carboxylic acids is 1. The Balaban J connectivity index is 1.89. The van der Waals surface area contributed by atoms with Crippen LogP contribution in [0.1, 0.15) is 38.7 Å². The average molecular weight is 392 g/mol. The smallest absolute Gasteiger partial charge is 0.220 e. The molecule has 7 heteroatoms. The van der Waals surface area contributed by atoms with Crippen molar-refractivity contribution < 1.29 is 9.18 Å². The number of guanidine groups is 1. The zero-order valence-electron chi connectivity index (χ0n) is 17.6. The maximum absolute atomic E-state index is 14.5. The summed E-state index contributed by atoms with van der Waals surface area (Å²) in [6.45, 7) is 7.90. The van der Waals surface area contributed by atoms with Gasteiger partial charge in [-0.25, -0.2) is 4.39 Å². The molecule has 0 radical (unpaired) electrons. The lowest BCUT2D eigenvalue weighted by molar-refractivity contribution is -0.121. The first kappa shape index (κ1) is 22.0. The van der Waals surface area contributed by atoms with Crippen LogP contribution < -0.4 is 15.5 Å². The summed E-state index contributed by atoms with van der Waals surface area (Å²) in [4.78, 5) is 20.1. The molecule has 28 heavy (non-hydrogen) atoms. The van der Waals surface area contributed by atoms with Gasteiger partial charge >= 0.3 is 0 Å². The van der Waals surface area contributed by atoms with Crippen molar-refractivity contribution in [3.63, 3.8) is 0 Å².